The number of fused-ring (bicyclic) bond motifs is 1. The summed E-state index contributed by atoms with van der Waals surface area (Å²) < 4.78 is 4.14. The van der Waals surface area contributed by atoms with Gasteiger partial charge in [0.15, 0.2) is 16.9 Å². The van der Waals surface area contributed by atoms with Crippen LogP contribution in [-0.4, -0.2) is 36.6 Å². The summed E-state index contributed by atoms with van der Waals surface area (Å²) in [5, 5.41) is 3.47. The number of benzene rings is 2. The number of imidazole rings is 1. The molecule has 0 amide bonds. The number of carbonyl (C=O) groups is 1. The number of aromatic nitrogens is 4. The molecule has 0 bridgehead atoms. The van der Waals surface area contributed by atoms with Gasteiger partial charge in [-0.25, -0.2) is 4.79 Å². The Bertz CT molecular complexity index is 1500. The number of carbonyl (C=O) groups excluding carboxylic acids is 1. The van der Waals surface area contributed by atoms with Crippen LogP contribution in [0.25, 0.3) is 11.2 Å². The predicted octanol–water partition coefficient (Wildman–Crippen LogP) is 2.51. The zero-order valence-corrected chi connectivity index (χ0v) is 20.3. The predicted molar refractivity (Wildman–Crippen MR) is 139 cm³/mol. The third-order valence-electron chi connectivity index (χ3n) is 6.95. The molecule has 0 aliphatic heterocycles. The van der Waals surface area contributed by atoms with E-state index in [2.05, 4.69) is 5.32 Å². The summed E-state index contributed by atoms with van der Waals surface area (Å²) in [4.78, 5) is 44.5. The monoisotopic (exact) mass is 486 g/mol. The topological polar surface area (TPSA) is 117 Å². The first-order chi connectivity index (χ1) is 17.4. The Kier molecular flexibility index (Phi) is 6.56. The number of ketones is 1. The van der Waals surface area contributed by atoms with Crippen LogP contribution in [0.3, 0.4) is 0 Å². The lowest BCUT2D eigenvalue weighted by atomic mass is 9.91. The molecule has 1 saturated carbocycles. The molecule has 36 heavy (non-hydrogen) atoms. The van der Waals surface area contributed by atoms with Gasteiger partial charge in [-0.05, 0) is 18.4 Å². The van der Waals surface area contributed by atoms with Crippen LogP contribution in [0.5, 0.6) is 0 Å². The summed E-state index contributed by atoms with van der Waals surface area (Å²) in [5.74, 6) is 0.185. The van der Waals surface area contributed by atoms with Crippen LogP contribution in [0, 0.1) is 0 Å². The van der Waals surface area contributed by atoms with Crippen molar-refractivity contribution in [3.8, 4) is 0 Å². The maximum Gasteiger partial charge on any atom is 0.332 e. The number of aryl methyl sites for hydroxylation is 1. The molecule has 0 spiro atoms. The van der Waals surface area contributed by atoms with E-state index in [9.17, 15) is 14.4 Å². The Morgan fingerprint density at radius 3 is 2.36 bits per heavy atom. The van der Waals surface area contributed by atoms with Crippen molar-refractivity contribution < 1.29 is 4.79 Å². The SMILES string of the molecule is Cn1c(=O)n(CC(=O)c2ccccc2)c(=O)c2c1nc(NC1CCCCC1N)n2Cc1ccccc1. The van der Waals surface area contributed by atoms with Crippen molar-refractivity contribution in [2.24, 2.45) is 12.8 Å². The van der Waals surface area contributed by atoms with Crippen molar-refractivity contribution in [1.29, 1.82) is 0 Å². The molecule has 2 heterocycles. The smallest absolute Gasteiger partial charge is 0.332 e. The number of rotatable bonds is 7. The largest absolute Gasteiger partial charge is 0.351 e. The summed E-state index contributed by atoms with van der Waals surface area (Å²) in [6, 6.07) is 18.4. The first-order valence-electron chi connectivity index (χ1n) is 12.3. The second-order valence-electron chi connectivity index (χ2n) is 9.40. The fraction of sp³-hybridized carbons (Fsp3) is 0.333. The van der Waals surface area contributed by atoms with E-state index >= 15 is 0 Å². The molecule has 9 heteroatoms. The molecule has 0 saturated heterocycles. The summed E-state index contributed by atoms with van der Waals surface area (Å²) in [6.45, 7) is 0.0277. The molecule has 4 aromatic rings. The van der Waals surface area contributed by atoms with E-state index < -0.39 is 11.2 Å². The van der Waals surface area contributed by atoms with Gasteiger partial charge >= 0.3 is 5.69 Å². The van der Waals surface area contributed by atoms with Crippen molar-refractivity contribution in [1.82, 2.24) is 18.7 Å². The van der Waals surface area contributed by atoms with Crippen LogP contribution in [0.4, 0.5) is 5.95 Å². The number of Topliss-reactive ketones (excluding diaryl/α,β-unsaturated/α-hetero) is 1. The Morgan fingerprint density at radius 2 is 1.67 bits per heavy atom. The van der Waals surface area contributed by atoms with Gasteiger partial charge in [-0.3, -0.25) is 23.3 Å². The van der Waals surface area contributed by atoms with Crippen LogP contribution < -0.4 is 22.3 Å². The highest BCUT2D eigenvalue weighted by Gasteiger charge is 2.26. The summed E-state index contributed by atoms with van der Waals surface area (Å²) in [5.41, 5.74) is 7.23. The normalized spacial score (nSPS) is 17.8. The molecule has 1 fully saturated rings. The Morgan fingerprint density at radius 1 is 1.00 bits per heavy atom. The Labute approximate surface area is 208 Å². The fourth-order valence-electron chi connectivity index (χ4n) is 4.90. The first-order valence-corrected chi connectivity index (χ1v) is 12.3. The molecule has 2 aromatic carbocycles. The van der Waals surface area contributed by atoms with Crippen molar-refractivity contribution >= 4 is 22.9 Å². The minimum Gasteiger partial charge on any atom is -0.351 e. The minimum atomic E-state index is -0.581. The summed E-state index contributed by atoms with van der Waals surface area (Å²) in [6.07, 6.45) is 3.99. The number of anilines is 1. The van der Waals surface area contributed by atoms with E-state index in [-0.39, 0.29) is 35.6 Å². The van der Waals surface area contributed by atoms with Crippen molar-refractivity contribution in [3.05, 3.63) is 92.6 Å². The zero-order chi connectivity index (χ0) is 25.2. The molecule has 186 valence electrons. The maximum atomic E-state index is 13.7. The molecule has 3 N–H and O–H groups in total. The number of hydrogen-bond donors (Lipinski definition) is 2. The highest BCUT2D eigenvalue weighted by molar-refractivity contribution is 5.95. The van der Waals surface area contributed by atoms with E-state index in [0.717, 1.165) is 35.8 Å². The van der Waals surface area contributed by atoms with E-state index in [0.29, 0.717) is 18.1 Å². The summed E-state index contributed by atoms with van der Waals surface area (Å²) in [7, 11) is 1.57. The molecule has 9 nitrogen and oxygen atoms in total. The van der Waals surface area contributed by atoms with Gasteiger partial charge in [-0.1, -0.05) is 73.5 Å². The lowest BCUT2D eigenvalue weighted by molar-refractivity contribution is 0.0969. The van der Waals surface area contributed by atoms with E-state index in [1.165, 1.54) is 4.57 Å². The van der Waals surface area contributed by atoms with Crippen LogP contribution >= 0.6 is 0 Å². The molecular formula is C27H30N6O3. The second-order valence-corrected chi connectivity index (χ2v) is 9.40. The standard InChI is InChI=1S/C27H30N6O3/c1-31-24-23(25(35)33(27(31)36)17-22(34)19-12-6-3-7-13-19)32(16-18-10-4-2-5-11-18)26(30-24)29-21-15-9-8-14-20(21)28/h2-7,10-13,20-21H,8-9,14-17,28H2,1H3,(H,29,30). The number of hydrogen-bond acceptors (Lipinski definition) is 6. The van der Waals surface area contributed by atoms with Gasteiger partial charge in [0.05, 0.1) is 13.1 Å². The molecule has 2 unspecified atom stereocenters. The van der Waals surface area contributed by atoms with Crippen LogP contribution in [0.2, 0.25) is 0 Å². The summed E-state index contributed by atoms with van der Waals surface area (Å²) >= 11 is 0. The quantitative estimate of drug-likeness (QED) is 0.388. The van der Waals surface area contributed by atoms with Crippen molar-refractivity contribution in [2.45, 2.75) is 50.9 Å². The Balaban J connectivity index is 1.64. The number of nitrogens with one attached hydrogen (secondary N) is 1. The third kappa shape index (κ3) is 4.49. The maximum absolute atomic E-state index is 13.7. The van der Waals surface area contributed by atoms with E-state index in [1.807, 2.05) is 36.4 Å². The Hall–Kier alpha value is -3.98. The first kappa shape index (κ1) is 23.7. The molecule has 1 aliphatic carbocycles. The van der Waals surface area contributed by atoms with E-state index in [4.69, 9.17) is 10.7 Å². The third-order valence-corrected chi connectivity index (χ3v) is 6.95. The lowest BCUT2D eigenvalue weighted by Crippen LogP contribution is -2.43. The lowest BCUT2D eigenvalue weighted by Gasteiger charge is -2.29. The number of nitrogens with two attached hydrogens (primary N) is 1. The highest BCUT2D eigenvalue weighted by Crippen LogP contribution is 2.24. The van der Waals surface area contributed by atoms with Gasteiger partial charge in [-0.15, -0.1) is 0 Å². The van der Waals surface area contributed by atoms with E-state index in [1.54, 1.807) is 35.9 Å². The van der Waals surface area contributed by atoms with Crippen LogP contribution in [0.1, 0.15) is 41.6 Å². The molecule has 0 radical (unpaired) electrons. The van der Waals surface area contributed by atoms with Gasteiger partial charge in [-0.2, -0.15) is 4.98 Å². The molecule has 2 aromatic heterocycles. The second kappa shape index (κ2) is 9.94. The highest BCUT2D eigenvalue weighted by atomic mass is 16.2. The van der Waals surface area contributed by atoms with Gasteiger partial charge in [0, 0.05) is 24.7 Å². The number of nitrogens with zero attached hydrogens (tertiary/aromatic N) is 4. The molecule has 5 rings (SSSR count). The van der Waals surface area contributed by atoms with Crippen molar-refractivity contribution in [3.63, 3.8) is 0 Å². The van der Waals surface area contributed by atoms with Crippen LogP contribution in [-0.2, 0) is 20.1 Å². The minimum absolute atomic E-state index is 0.0176. The molecule has 1 aliphatic rings. The zero-order valence-electron chi connectivity index (χ0n) is 20.3. The van der Waals surface area contributed by atoms with Crippen molar-refractivity contribution in [2.75, 3.05) is 5.32 Å². The van der Waals surface area contributed by atoms with Gasteiger partial charge < -0.3 is 11.1 Å². The van der Waals surface area contributed by atoms with Gasteiger partial charge in [0.1, 0.15) is 0 Å². The molecular weight excluding hydrogens is 456 g/mol. The average Bonchev–Trinajstić information content (AvgIpc) is 3.25. The average molecular weight is 487 g/mol. The van der Waals surface area contributed by atoms with Gasteiger partial charge in [0.2, 0.25) is 5.95 Å². The van der Waals surface area contributed by atoms with Crippen LogP contribution in [0.15, 0.2) is 70.3 Å². The fourth-order valence-corrected chi connectivity index (χ4v) is 4.90. The molecule has 2 atom stereocenters. The van der Waals surface area contributed by atoms with Gasteiger partial charge in [0.25, 0.3) is 5.56 Å².